The molecule has 3 N–H and O–H groups in total. The first-order chi connectivity index (χ1) is 14.0. The van der Waals surface area contributed by atoms with Crippen LogP contribution in [0.2, 0.25) is 5.02 Å². The zero-order valence-corrected chi connectivity index (χ0v) is 21.0. The van der Waals surface area contributed by atoms with Crippen molar-refractivity contribution < 1.29 is 4.79 Å². The molecule has 1 amide bonds. The molecule has 0 atom stereocenters. The lowest BCUT2D eigenvalue weighted by Gasteiger charge is -2.36. The number of aliphatic imine (C=N–C) groups is 1. The van der Waals surface area contributed by atoms with Gasteiger partial charge in [0.1, 0.15) is 0 Å². The Bertz CT molecular complexity index is 860. The number of H-pyrrole nitrogens is 1. The van der Waals surface area contributed by atoms with E-state index in [0.29, 0.717) is 6.54 Å². The fourth-order valence-corrected chi connectivity index (χ4v) is 3.86. The molecule has 2 heterocycles. The Morgan fingerprint density at radius 2 is 2.00 bits per heavy atom. The zero-order chi connectivity index (χ0) is 20.8. The first-order valence-electron chi connectivity index (χ1n) is 10.2. The highest BCUT2D eigenvalue weighted by molar-refractivity contribution is 14.0. The van der Waals surface area contributed by atoms with Crippen molar-refractivity contribution >= 4 is 58.3 Å². The highest BCUT2D eigenvalue weighted by Gasteiger charge is 2.21. The van der Waals surface area contributed by atoms with E-state index in [1.54, 1.807) is 0 Å². The fourth-order valence-electron chi connectivity index (χ4n) is 3.69. The summed E-state index contributed by atoms with van der Waals surface area (Å²) in [6.45, 7) is 8.64. The second-order valence-corrected chi connectivity index (χ2v) is 8.15. The van der Waals surface area contributed by atoms with E-state index >= 15 is 0 Å². The number of hydrogen-bond acceptors (Lipinski definition) is 3. The molecule has 0 spiro atoms. The maximum atomic E-state index is 11.9. The number of carbonyl (C=O) groups excluding carboxylic acids is 1. The first kappa shape index (κ1) is 24.7. The summed E-state index contributed by atoms with van der Waals surface area (Å²) in [7, 11) is 1.82. The quantitative estimate of drug-likeness (QED) is 0.296. The van der Waals surface area contributed by atoms with E-state index in [9.17, 15) is 4.79 Å². The molecule has 3 rings (SSSR count). The third-order valence-electron chi connectivity index (χ3n) is 5.11. The van der Waals surface area contributed by atoms with Gasteiger partial charge < -0.3 is 20.5 Å². The molecule has 0 aliphatic carbocycles. The highest BCUT2D eigenvalue weighted by atomic mass is 127. The standard InChI is InChI=1S/C21H31ClN6O.HI/c1-15(2)26-20(29)14-27-8-10-28(11-9-27)21(23-3)24-7-6-16-13-25-19-5-4-17(22)12-18(16)19;/h4-5,12-13,15,25H,6-11,14H2,1-3H3,(H,23,24)(H,26,29);1H. The third-order valence-corrected chi connectivity index (χ3v) is 5.34. The number of carbonyl (C=O) groups is 1. The minimum absolute atomic E-state index is 0. The van der Waals surface area contributed by atoms with Gasteiger partial charge in [-0.2, -0.15) is 0 Å². The van der Waals surface area contributed by atoms with Gasteiger partial charge in [-0.1, -0.05) is 11.6 Å². The number of amides is 1. The molecule has 1 aromatic heterocycles. The molecule has 0 bridgehead atoms. The Morgan fingerprint density at radius 3 is 2.67 bits per heavy atom. The number of aromatic amines is 1. The lowest BCUT2D eigenvalue weighted by Crippen LogP contribution is -2.54. The van der Waals surface area contributed by atoms with Crippen LogP contribution in [0.4, 0.5) is 0 Å². The van der Waals surface area contributed by atoms with Crippen molar-refractivity contribution in [3.05, 3.63) is 35.0 Å². The van der Waals surface area contributed by atoms with Crippen LogP contribution >= 0.6 is 35.6 Å². The van der Waals surface area contributed by atoms with E-state index in [1.807, 2.05) is 45.3 Å². The van der Waals surface area contributed by atoms with Crippen LogP contribution in [0.25, 0.3) is 10.9 Å². The van der Waals surface area contributed by atoms with Crippen molar-refractivity contribution in [3.8, 4) is 0 Å². The van der Waals surface area contributed by atoms with E-state index in [4.69, 9.17) is 11.6 Å². The molecule has 30 heavy (non-hydrogen) atoms. The van der Waals surface area contributed by atoms with Gasteiger partial charge in [0.05, 0.1) is 6.54 Å². The van der Waals surface area contributed by atoms with E-state index in [2.05, 4.69) is 30.4 Å². The second-order valence-electron chi connectivity index (χ2n) is 7.71. The zero-order valence-electron chi connectivity index (χ0n) is 17.9. The SMILES string of the molecule is CN=C(NCCc1c[nH]c2ccc(Cl)cc12)N1CCN(CC(=O)NC(C)C)CC1.I. The second kappa shape index (κ2) is 11.8. The molecule has 9 heteroatoms. The van der Waals surface area contributed by atoms with Crippen molar-refractivity contribution in [2.75, 3.05) is 46.3 Å². The van der Waals surface area contributed by atoms with Gasteiger partial charge in [-0.3, -0.25) is 14.7 Å². The molecule has 0 saturated carbocycles. The fraction of sp³-hybridized carbons (Fsp3) is 0.524. The number of guanidine groups is 1. The summed E-state index contributed by atoms with van der Waals surface area (Å²) in [5.74, 6) is 1.00. The normalized spacial score (nSPS) is 15.4. The summed E-state index contributed by atoms with van der Waals surface area (Å²) >= 11 is 6.14. The van der Waals surface area contributed by atoms with Gasteiger partial charge in [0.25, 0.3) is 0 Å². The van der Waals surface area contributed by atoms with E-state index < -0.39 is 0 Å². The van der Waals surface area contributed by atoms with Crippen LogP contribution in [0.15, 0.2) is 29.4 Å². The van der Waals surface area contributed by atoms with Crippen LogP contribution in [0, 0.1) is 0 Å². The number of nitrogens with zero attached hydrogens (tertiary/aromatic N) is 3. The highest BCUT2D eigenvalue weighted by Crippen LogP contribution is 2.22. The van der Waals surface area contributed by atoms with Crippen molar-refractivity contribution in [1.29, 1.82) is 0 Å². The summed E-state index contributed by atoms with van der Waals surface area (Å²) in [6.07, 6.45) is 2.93. The predicted octanol–water partition coefficient (Wildman–Crippen LogP) is 2.70. The summed E-state index contributed by atoms with van der Waals surface area (Å²) in [4.78, 5) is 24.1. The Balaban J connectivity index is 0.00000320. The largest absolute Gasteiger partial charge is 0.361 e. The Labute approximate surface area is 200 Å². The van der Waals surface area contributed by atoms with Crippen molar-refractivity contribution in [2.45, 2.75) is 26.3 Å². The van der Waals surface area contributed by atoms with Crippen molar-refractivity contribution in [3.63, 3.8) is 0 Å². The van der Waals surface area contributed by atoms with Gasteiger partial charge in [0.2, 0.25) is 5.91 Å². The number of halogens is 2. The number of benzene rings is 1. The predicted molar refractivity (Wildman–Crippen MR) is 135 cm³/mol. The smallest absolute Gasteiger partial charge is 0.234 e. The minimum atomic E-state index is 0. The molecular formula is C21H32ClIN6O. The summed E-state index contributed by atoms with van der Waals surface area (Å²) in [5.41, 5.74) is 2.35. The maximum Gasteiger partial charge on any atom is 0.234 e. The van der Waals surface area contributed by atoms with Crippen LogP contribution in [0.5, 0.6) is 0 Å². The van der Waals surface area contributed by atoms with Crippen molar-refractivity contribution in [1.82, 2.24) is 25.4 Å². The van der Waals surface area contributed by atoms with Gasteiger partial charge >= 0.3 is 0 Å². The van der Waals surface area contributed by atoms with Crippen LogP contribution < -0.4 is 10.6 Å². The average molecular weight is 547 g/mol. The topological polar surface area (TPSA) is 75.8 Å². The first-order valence-corrected chi connectivity index (χ1v) is 10.6. The summed E-state index contributed by atoms with van der Waals surface area (Å²) in [6, 6.07) is 6.09. The van der Waals surface area contributed by atoms with E-state index in [0.717, 1.165) is 55.6 Å². The number of aromatic nitrogens is 1. The average Bonchev–Trinajstić information content (AvgIpc) is 3.07. The molecule has 1 aliphatic heterocycles. The summed E-state index contributed by atoms with van der Waals surface area (Å²) in [5, 5.41) is 8.34. The molecule has 0 unspecified atom stereocenters. The number of piperazine rings is 1. The number of hydrogen-bond donors (Lipinski definition) is 3. The van der Waals surface area contributed by atoms with Crippen LogP contribution in [-0.4, -0.2) is 79.0 Å². The lowest BCUT2D eigenvalue weighted by atomic mass is 10.1. The van der Waals surface area contributed by atoms with Gasteiger partial charge in [-0.15, -0.1) is 24.0 Å². The van der Waals surface area contributed by atoms with Gasteiger partial charge in [0.15, 0.2) is 5.96 Å². The molecule has 2 aromatic rings. The Hall–Kier alpha value is -1.52. The maximum absolute atomic E-state index is 11.9. The van der Waals surface area contributed by atoms with Gasteiger partial charge in [-0.05, 0) is 44.0 Å². The molecule has 1 aromatic carbocycles. The molecule has 1 aliphatic rings. The van der Waals surface area contributed by atoms with Crippen molar-refractivity contribution in [2.24, 2.45) is 4.99 Å². The van der Waals surface area contributed by atoms with E-state index in [1.165, 1.54) is 10.9 Å². The number of nitrogens with one attached hydrogen (secondary N) is 3. The molecule has 1 fully saturated rings. The van der Waals surface area contributed by atoms with Crippen LogP contribution in [-0.2, 0) is 11.2 Å². The molecule has 166 valence electrons. The third kappa shape index (κ3) is 6.75. The van der Waals surface area contributed by atoms with Gasteiger partial charge in [0, 0.05) is 67.9 Å². The molecule has 7 nitrogen and oxygen atoms in total. The van der Waals surface area contributed by atoms with E-state index in [-0.39, 0.29) is 35.9 Å². The Kier molecular flexibility index (Phi) is 9.70. The van der Waals surface area contributed by atoms with Crippen LogP contribution in [0.3, 0.4) is 0 Å². The minimum Gasteiger partial charge on any atom is -0.361 e. The molecular weight excluding hydrogens is 515 g/mol. The molecule has 0 radical (unpaired) electrons. The summed E-state index contributed by atoms with van der Waals surface area (Å²) < 4.78 is 0. The lowest BCUT2D eigenvalue weighted by molar-refractivity contribution is -0.123. The van der Waals surface area contributed by atoms with Gasteiger partial charge in [-0.25, -0.2) is 0 Å². The monoisotopic (exact) mass is 546 g/mol. The molecule has 1 saturated heterocycles. The Morgan fingerprint density at radius 1 is 1.27 bits per heavy atom. The number of fused-ring (bicyclic) bond motifs is 1. The van der Waals surface area contributed by atoms with Crippen LogP contribution in [0.1, 0.15) is 19.4 Å². The number of rotatable bonds is 6.